The molecule has 0 atom stereocenters. The van der Waals surface area contributed by atoms with Crippen molar-refractivity contribution in [3.63, 3.8) is 0 Å². The van der Waals surface area contributed by atoms with E-state index in [1.807, 2.05) is 11.6 Å². The minimum absolute atomic E-state index is 1.13. The van der Waals surface area contributed by atoms with Gasteiger partial charge in [0, 0.05) is 16.5 Å². The normalized spacial score (nSPS) is 10.3. The van der Waals surface area contributed by atoms with E-state index >= 15 is 0 Å². The van der Waals surface area contributed by atoms with E-state index in [4.69, 9.17) is 0 Å². The van der Waals surface area contributed by atoms with Crippen molar-refractivity contribution in [1.82, 2.24) is 4.98 Å². The summed E-state index contributed by atoms with van der Waals surface area (Å²) in [7, 11) is 0. The fourth-order valence-corrected chi connectivity index (χ4v) is 2.48. The first kappa shape index (κ1) is 7.00. The van der Waals surface area contributed by atoms with Gasteiger partial charge in [0.15, 0.2) is 0 Å². The third kappa shape index (κ3) is 1.34. The van der Waals surface area contributed by atoms with Crippen LogP contribution in [0.2, 0.25) is 0 Å². The van der Waals surface area contributed by atoms with E-state index in [2.05, 4.69) is 24.0 Å². The molecule has 2 heterocycles. The van der Waals surface area contributed by atoms with Crippen LogP contribution in [0.15, 0.2) is 23.7 Å². The standard InChI is InChI=1S/C8H7NS2/c1-6-2-3-7(11-6)8-9-4-5-10-8/h2-5H,1H3. The van der Waals surface area contributed by atoms with Crippen molar-refractivity contribution in [3.8, 4) is 9.88 Å². The van der Waals surface area contributed by atoms with Gasteiger partial charge in [-0.15, -0.1) is 22.7 Å². The Bertz CT molecular complexity index is 335. The molecule has 0 saturated heterocycles. The molecule has 0 aromatic carbocycles. The summed E-state index contributed by atoms with van der Waals surface area (Å²) >= 11 is 3.48. The molecule has 0 unspecified atom stereocenters. The number of hydrogen-bond donors (Lipinski definition) is 0. The predicted molar refractivity (Wildman–Crippen MR) is 50.2 cm³/mol. The highest BCUT2D eigenvalue weighted by Gasteiger charge is 2.01. The number of rotatable bonds is 1. The molecule has 0 aliphatic rings. The van der Waals surface area contributed by atoms with Gasteiger partial charge in [0.2, 0.25) is 0 Å². The predicted octanol–water partition coefficient (Wildman–Crippen LogP) is 3.18. The van der Waals surface area contributed by atoms with Gasteiger partial charge in [-0.25, -0.2) is 4.98 Å². The van der Waals surface area contributed by atoms with Crippen LogP contribution >= 0.6 is 22.7 Å². The first-order valence-corrected chi connectivity index (χ1v) is 5.02. The molecule has 11 heavy (non-hydrogen) atoms. The first-order chi connectivity index (χ1) is 5.36. The highest BCUT2D eigenvalue weighted by atomic mass is 32.1. The summed E-state index contributed by atoms with van der Waals surface area (Å²) in [5.74, 6) is 0. The minimum atomic E-state index is 1.13. The molecule has 56 valence electrons. The van der Waals surface area contributed by atoms with Crippen LogP contribution < -0.4 is 0 Å². The zero-order valence-electron chi connectivity index (χ0n) is 6.07. The highest BCUT2D eigenvalue weighted by molar-refractivity contribution is 7.20. The Morgan fingerprint density at radius 3 is 2.82 bits per heavy atom. The second kappa shape index (κ2) is 2.75. The topological polar surface area (TPSA) is 12.9 Å². The van der Waals surface area contributed by atoms with Gasteiger partial charge in [0.1, 0.15) is 5.01 Å². The number of aromatic nitrogens is 1. The average Bonchev–Trinajstić information content (AvgIpc) is 2.55. The lowest BCUT2D eigenvalue weighted by atomic mass is 10.4. The summed E-state index contributed by atoms with van der Waals surface area (Å²) in [5.41, 5.74) is 0. The van der Waals surface area contributed by atoms with E-state index in [-0.39, 0.29) is 0 Å². The fraction of sp³-hybridized carbons (Fsp3) is 0.125. The Morgan fingerprint density at radius 1 is 1.36 bits per heavy atom. The SMILES string of the molecule is Cc1ccc(-c2nccs2)s1. The van der Waals surface area contributed by atoms with E-state index < -0.39 is 0 Å². The molecule has 0 saturated carbocycles. The molecule has 0 N–H and O–H groups in total. The van der Waals surface area contributed by atoms with Crippen LogP contribution in [0.3, 0.4) is 0 Å². The monoisotopic (exact) mass is 181 g/mol. The lowest BCUT2D eigenvalue weighted by Crippen LogP contribution is -1.63. The van der Waals surface area contributed by atoms with Gasteiger partial charge in [-0.1, -0.05) is 0 Å². The van der Waals surface area contributed by atoms with E-state index in [0.29, 0.717) is 0 Å². The molecule has 0 bridgehead atoms. The Morgan fingerprint density at radius 2 is 2.27 bits per heavy atom. The summed E-state index contributed by atoms with van der Waals surface area (Å²) in [6, 6.07) is 4.25. The van der Waals surface area contributed by atoms with E-state index in [0.717, 1.165) is 5.01 Å². The molecule has 2 aromatic heterocycles. The number of nitrogens with zero attached hydrogens (tertiary/aromatic N) is 1. The molecule has 0 aliphatic heterocycles. The van der Waals surface area contributed by atoms with Crippen LogP contribution in [0.1, 0.15) is 4.88 Å². The van der Waals surface area contributed by atoms with Gasteiger partial charge in [0.05, 0.1) is 4.88 Å². The zero-order chi connectivity index (χ0) is 7.68. The van der Waals surface area contributed by atoms with Gasteiger partial charge in [-0.3, -0.25) is 0 Å². The van der Waals surface area contributed by atoms with Crippen molar-refractivity contribution in [1.29, 1.82) is 0 Å². The highest BCUT2D eigenvalue weighted by Crippen LogP contribution is 2.28. The Balaban J connectivity index is 2.45. The van der Waals surface area contributed by atoms with Gasteiger partial charge >= 0.3 is 0 Å². The average molecular weight is 181 g/mol. The molecule has 2 rings (SSSR count). The van der Waals surface area contributed by atoms with Crippen molar-refractivity contribution < 1.29 is 0 Å². The zero-order valence-corrected chi connectivity index (χ0v) is 7.71. The summed E-state index contributed by atoms with van der Waals surface area (Å²) in [5, 5.41) is 3.13. The third-order valence-corrected chi connectivity index (χ3v) is 3.33. The van der Waals surface area contributed by atoms with E-state index in [1.54, 1.807) is 22.7 Å². The maximum absolute atomic E-state index is 4.23. The van der Waals surface area contributed by atoms with Crippen molar-refractivity contribution in [2.24, 2.45) is 0 Å². The van der Waals surface area contributed by atoms with E-state index in [9.17, 15) is 0 Å². The second-order valence-electron chi connectivity index (χ2n) is 2.25. The number of thiophene rings is 1. The molecular weight excluding hydrogens is 174 g/mol. The van der Waals surface area contributed by atoms with Crippen LogP contribution in [0.5, 0.6) is 0 Å². The molecule has 1 nitrogen and oxygen atoms in total. The number of hydrogen-bond acceptors (Lipinski definition) is 3. The number of aryl methyl sites for hydroxylation is 1. The summed E-state index contributed by atoms with van der Waals surface area (Å²) in [4.78, 5) is 6.85. The molecule has 0 radical (unpaired) electrons. The number of thiazole rings is 1. The van der Waals surface area contributed by atoms with Gasteiger partial charge in [-0.05, 0) is 19.1 Å². The Kier molecular flexibility index (Phi) is 1.75. The molecule has 2 aromatic rings. The Hall–Kier alpha value is -0.670. The quantitative estimate of drug-likeness (QED) is 0.658. The van der Waals surface area contributed by atoms with Crippen LogP contribution in [0.25, 0.3) is 9.88 Å². The summed E-state index contributed by atoms with van der Waals surface area (Å²) < 4.78 is 0. The minimum Gasteiger partial charge on any atom is -0.244 e. The largest absolute Gasteiger partial charge is 0.244 e. The van der Waals surface area contributed by atoms with E-state index in [1.165, 1.54) is 9.75 Å². The Labute approximate surface area is 73.4 Å². The second-order valence-corrected chi connectivity index (χ2v) is 4.43. The smallest absolute Gasteiger partial charge is 0.133 e. The molecule has 0 spiro atoms. The lowest BCUT2D eigenvalue weighted by molar-refractivity contribution is 1.43. The third-order valence-electron chi connectivity index (χ3n) is 1.38. The fourth-order valence-electron chi connectivity index (χ4n) is 0.895. The summed E-state index contributed by atoms with van der Waals surface area (Å²) in [6.45, 7) is 2.11. The van der Waals surface area contributed by atoms with Crippen molar-refractivity contribution in [3.05, 3.63) is 28.6 Å². The molecule has 0 amide bonds. The van der Waals surface area contributed by atoms with Gasteiger partial charge < -0.3 is 0 Å². The van der Waals surface area contributed by atoms with Crippen LogP contribution in [-0.4, -0.2) is 4.98 Å². The molecule has 0 aliphatic carbocycles. The first-order valence-electron chi connectivity index (χ1n) is 3.32. The lowest BCUT2D eigenvalue weighted by Gasteiger charge is -1.84. The van der Waals surface area contributed by atoms with Crippen molar-refractivity contribution >= 4 is 22.7 Å². The molecule has 0 fully saturated rings. The summed E-state index contributed by atoms with van der Waals surface area (Å²) in [6.07, 6.45) is 1.84. The maximum atomic E-state index is 4.23. The molecular formula is C8H7NS2. The van der Waals surface area contributed by atoms with Gasteiger partial charge in [-0.2, -0.15) is 0 Å². The molecule has 3 heteroatoms. The van der Waals surface area contributed by atoms with Crippen molar-refractivity contribution in [2.45, 2.75) is 6.92 Å². The van der Waals surface area contributed by atoms with Gasteiger partial charge in [0.25, 0.3) is 0 Å². The van der Waals surface area contributed by atoms with Crippen LogP contribution in [0.4, 0.5) is 0 Å². The van der Waals surface area contributed by atoms with Crippen molar-refractivity contribution in [2.75, 3.05) is 0 Å². The maximum Gasteiger partial charge on any atom is 0.133 e. The van der Waals surface area contributed by atoms with Crippen LogP contribution in [0, 0.1) is 6.92 Å². The van der Waals surface area contributed by atoms with Crippen LogP contribution in [-0.2, 0) is 0 Å².